The lowest BCUT2D eigenvalue weighted by Crippen LogP contribution is -2.55. The summed E-state index contributed by atoms with van der Waals surface area (Å²) in [4.78, 5) is 2.55. The highest BCUT2D eigenvalue weighted by atomic mass is 32.1. The zero-order valence-corrected chi connectivity index (χ0v) is 37.7. The summed E-state index contributed by atoms with van der Waals surface area (Å²) in [6, 6.07) is 80.0. The molecule has 1 aromatic heterocycles. The lowest BCUT2D eigenvalue weighted by molar-refractivity contribution is -0.0399. The standard InChI is InChI=1S/C64H49NS/c1-2-15-43(16-3-1)49-17-4-5-18-51(49)52-19-6-7-20-53(52)55-22-9-12-26-60(55)65(47-31-29-44(30-32-47)50-24-14-28-62-63(50)56-23-10-13-27-61(56)66-62)48-33-34-59-57(40-48)54-21-8-11-25-58(54)64(59)45-36-41-35-42(38-45)39-46(64)37-41/h1-34,40-42,45-46H,35-39H2. The number of para-hydroxylation sites is 1. The van der Waals surface area contributed by atoms with Gasteiger partial charge < -0.3 is 4.90 Å². The average Bonchev–Trinajstić information content (AvgIpc) is 3.90. The van der Waals surface area contributed by atoms with Crippen molar-refractivity contribution in [2.75, 3.05) is 4.90 Å². The van der Waals surface area contributed by atoms with Crippen LogP contribution in [0.15, 0.2) is 212 Å². The van der Waals surface area contributed by atoms with Gasteiger partial charge in [0.15, 0.2) is 0 Å². The minimum Gasteiger partial charge on any atom is -0.310 e. The Kier molecular flexibility index (Phi) is 8.71. The van der Waals surface area contributed by atoms with Gasteiger partial charge in [0.05, 0.1) is 5.69 Å². The molecule has 66 heavy (non-hydrogen) atoms. The molecule has 0 N–H and O–H groups in total. The van der Waals surface area contributed by atoms with E-state index < -0.39 is 0 Å². The minimum atomic E-state index is 0.125. The van der Waals surface area contributed by atoms with Crippen LogP contribution in [0.3, 0.4) is 0 Å². The van der Waals surface area contributed by atoms with Crippen molar-refractivity contribution >= 4 is 48.6 Å². The molecule has 4 bridgehead atoms. The summed E-state index contributed by atoms with van der Waals surface area (Å²) in [5, 5.41) is 2.67. The Bertz CT molecular complexity index is 3480. The predicted octanol–water partition coefficient (Wildman–Crippen LogP) is 17.9. The smallest absolute Gasteiger partial charge is 0.0540 e. The topological polar surface area (TPSA) is 3.24 Å². The van der Waals surface area contributed by atoms with Gasteiger partial charge in [-0.15, -0.1) is 11.3 Å². The van der Waals surface area contributed by atoms with E-state index in [1.807, 2.05) is 11.3 Å². The van der Waals surface area contributed by atoms with Crippen molar-refractivity contribution in [2.24, 2.45) is 23.7 Å². The monoisotopic (exact) mass is 863 g/mol. The Labute approximate surface area is 391 Å². The van der Waals surface area contributed by atoms with Gasteiger partial charge in [0.1, 0.15) is 0 Å². The van der Waals surface area contributed by atoms with Gasteiger partial charge in [-0.2, -0.15) is 0 Å². The first-order valence-electron chi connectivity index (χ1n) is 24.1. The van der Waals surface area contributed by atoms with Crippen LogP contribution in [0.4, 0.5) is 17.1 Å². The number of hydrogen-bond acceptors (Lipinski definition) is 2. The van der Waals surface area contributed by atoms with Crippen LogP contribution in [0.1, 0.15) is 43.2 Å². The molecule has 10 aromatic rings. The fourth-order valence-corrected chi connectivity index (χ4v) is 15.1. The van der Waals surface area contributed by atoms with Gasteiger partial charge in [-0.3, -0.25) is 0 Å². The molecule has 4 saturated carbocycles. The molecule has 4 fully saturated rings. The van der Waals surface area contributed by atoms with Gasteiger partial charge in [0, 0.05) is 42.5 Å². The summed E-state index contributed by atoms with van der Waals surface area (Å²) in [7, 11) is 0. The van der Waals surface area contributed by atoms with Crippen molar-refractivity contribution in [1.82, 2.24) is 0 Å². The molecular weight excluding hydrogens is 815 g/mol. The number of anilines is 3. The van der Waals surface area contributed by atoms with E-state index in [0.717, 1.165) is 35.0 Å². The van der Waals surface area contributed by atoms with E-state index >= 15 is 0 Å². The third kappa shape index (κ3) is 5.71. The fraction of sp³-hybridized carbons (Fsp3) is 0.156. The van der Waals surface area contributed by atoms with Crippen molar-refractivity contribution in [3.05, 3.63) is 223 Å². The van der Waals surface area contributed by atoms with E-state index in [2.05, 4.69) is 217 Å². The molecule has 5 aliphatic carbocycles. The number of benzene rings is 9. The summed E-state index contributed by atoms with van der Waals surface area (Å²) >= 11 is 1.88. The van der Waals surface area contributed by atoms with Crippen LogP contribution in [0.2, 0.25) is 0 Å². The summed E-state index contributed by atoms with van der Waals surface area (Å²) in [5.41, 5.74) is 19.5. The lowest BCUT2D eigenvalue weighted by Gasteiger charge is -2.61. The van der Waals surface area contributed by atoms with Gasteiger partial charge >= 0.3 is 0 Å². The third-order valence-corrected chi connectivity index (χ3v) is 17.4. The number of thiophene rings is 1. The van der Waals surface area contributed by atoms with Gasteiger partial charge in [-0.25, -0.2) is 0 Å². The van der Waals surface area contributed by atoms with E-state index in [1.54, 1.807) is 11.1 Å². The first-order chi connectivity index (χ1) is 32.7. The molecule has 0 radical (unpaired) electrons. The lowest BCUT2D eigenvalue weighted by atomic mass is 9.43. The van der Waals surface area contributed by atoms with E-state index in [4.69, 9.17) is 0 Å². The Morgan fingerprint density at radius 3 is 1.65 bits per heavy atom. The normalized spacial score (nSPS) is 21.1. The van der Waals surface area contributed by atoms with Gasteiger partial charge in [-0.1, -0.05) is 170 Å². The van der Waals surface area contributed by atoms with Crippen molar-refractivity contribution in [3.8, 4) is 55.6 Å². The Morgan fingerprint density at radius 1 is 0.364 bits per heavy atom. The molecule has 0 unspecified atom stereocenters. The maximum atomic E-state index is 2.57. The fourth-order valence-electron chi connectivity index (χ4n) is 14.0. The van der Waals surface area contributed by atoms with E-state index in [0.29, 0.717) is 0 Å². The van der Waals surface area contributed by atoms with Crippen molar-refractivity contribution < 1.29 is 0 Å². The maximum absolute atomic E-state index is 2.57. The van der Waals surface area contributed by atoms with Gasteiger partial charge in [0.2, 0.25) is 0 Å². The molecule has 0 aliphatic heterocycles. The van der Waals surface area contributed by atoms with Crippen LogP contribution in [0.5, 0.6) is 0 Å². The van der Waals surface area contributed by atoms with E-state index in [-0.39, 0.29) is 5.41 Å². The minimum absolute atomic E-state index is 0.125. The molecule has 1 heterocycles. The van der Waals surface area contributed by atoms with E-state index in [9.17, 15) is 0 Å². The second-order valence-corrected chi connectivity index (χ2v) is 20.7. The van der Waals surface area contributed by atoms with Crippen molar-refractivity contribution in [1.29, 1.82) is 0 Å². The van der Waals surface area contributed by atoms with Crippen LogP contribution in [-0.2, 0) is 5.41 Å². The summed E-state index contributed by atoms with van der Waals surface area (Å²) in [6.07, 6.45) is 7.00. The summed E-state index contributed by atoms with van der Waals surface area (Å²) in [5.74, 6) is 3.28. The highest BCUT2D eigenvalue weighted by Crippen LogP contribution is 2.69. The second-order valence-electron chi connectivity index (χ2n) is 19.6. The van der Waals surface area contributed by atoms with Gasteiger partial charge in [-0.05, 0) is 159 Å². The molecule has 2 heteroatoms. The van der Waals surface area contributed by atoms with Crippen LogP contribution >= 0.6 is 11.3 Å². The average molecular weight is 864 g/mol. The highest BCUT2D eigenvalue weighted by Gasteiger charge is 2.61. The number of nitrogens with zero attached hydrogens (tertiary/aromatic N) is 1. The number of rotatable bonds is 7. The van der Waals surface area contributed by atoms with Crippen molar-refractivity contribution in [2.45, 2.75) is 37.5 Å². The molecule has 0 atom stereocenters. The van der Waals surface area contributed by atoms with Gasteiger partial charge in [0.25, 0.3) is 0 Å². The SMILES string of the molecule is c1ccc(-c2ccccc2-c2ccccc2-c2ccccc2N(c2ccc(-c3cccc4sc5ccccc5c34)cc2)c2ccc3c(c2)-c2ccccc2C32C3CC4CC(C3)CC2C4)cc1. The molecule has 9 aromatic carbocycles. The largest absolute Gasteiger partial charge is 0.310 e. The van der Waals surface area contributed by atoms with Crippen LogP contribution < -0.4 is 4.90 Å². The zero-order valence-electron chi connectivity index (χ0n) is 36.9. The Balaban J connectivity index is 0.963. The predicted molar refractivity (Wildman–Crippen MR) is 279 cm³/mol. The van der Waals surface area contributed by atoms with Crippen LogP contribution in [-0.4, -0.2) is 0 Å². The van der Waals surface area contributed by atoms with Crippen LogP contribution in [0.25, 0.3) is 75.8 Å². The number of hydrogen-bond donors (Lipinski definition) is 0. The summed E-state index contributed by atoms with van der Waals surface area (Å²) in [6.45, 7) is 0. The first-order valence-corrected chi connectivity index (χ1v) is 24.9. The Hall–Kier alpha value is -7.00. The molecule has 316 valence electrons. The number of fused-ring (bicyclic) bond motifs is 6. The summed E-state index contributed by atoms with van der Waals surface area (Å²) < 4.78 is 2.66. The van der Waals surface area contributed by atoms with E-state index in [1.165, 1.54) is 114 Å². The maximum Gasteiger partial charge on any atom is 0.0540 e. The Morgan fingerprint density at radius 2 is 0.894 bits per heavy atom. The second kappa shape index (κ2) is 15.0. The van der Waals surface area contributed by atoms with Crippen LogP contribution in [0, 0.1) is 23.7 Å². The quantitative estimate of drug-likeness (QED) is 0.154. The van der Waals surface area contributed by atoms with Crippen molar-refractivity contribution in [3.63, 3.8) is 0 Å². The molecule has 1 spiro atoms. The highest BCUT2D eigenvalue weighted by molar-refractivity contribution is 7.25. The molecule has 15 rings (SSSR count). The molecule has 1 nitrogen and oxygen atoms in total. The molecule has 0 saturated heterocycles. The first kappa shape index (κ1) is 38.3. The molecule has 5 aliphatic rings. The third-order valence-electron chi connectivity index (χ3n) is 16.3. The zero-order chi connectivity index (χ0) is 43.3. The molecule has 0 amide bonds. The molecular formula is C64H49NS.